The van der Waals surface area contributed by atoms with Gasteiger partial charge < -0.3 is 15.0 Å². The third-order valence-corrected chi connectivity index (χ3v) is 16.3. The number of fused-ring (bicyclic) bond motifs is 2. The van der Waals surface area contributed by atoms with Crippen LogP contribution < -0.4 is 10.7 Å². The number of nitrogens with one attached hydrogen (secondary N) is 2. The molecule has 5 aromatic carbocycles. The van der Waals surface area contributed by atoms with Crippen LogP contribution in [0.5, 0.6) is 0 Å². The lowest BCUT2D eigenvalue weighted by Crippen LogP contribution is -2.55. The standard InChI is InChI=1S/C29H30Cl2FN5O3S.C28H22Cl2FN3O3S/c1-29(2,3)40-28(39)35-10-12-36(13-11-35)34-27(38)25-22-17-41-16-19(14-18-4-7-21(32)8-5-18)26(22)37(33-25)24-9-6-20(30)15-23(24)31;1-17(19-5-3-2-4-6-19)32-28(35)26-23-16-38(36,37)15-20(13-18-7-10-22(31)11-8-18)27(23)34(33-26)25-12-9-21(29)14-24(25)30/h4-9,14-15H,10-13,16-17H2,1-3H3,(H,34,38);2-14,17H,15-16H2,1H3,(H,32,35)/b19-14+;20-13+/t;17-/m.0/s1. The Bertz CT molecular complexity index is 3640. The molecule has 1 atom stereocenters. The van der Waals surface area contributed by atoms with Gasteiger partial charge in [0.25, 0.3) is 11.8 Å². The fourth-order valence-corrected chi connectivity index (χ4v) is 12.6. The average Bonchev–Trinajstić information content (AvgIpc) is 4.19. The maximum Gasteiger partial charge on any atom is 0.410 e. The van der Waals surface area contributed by atoms with Gasteiger partial charge in [-0.25, -0.2) is 36.4 Å². The highest BCUT2D eigenvalue weighted by atomic mass is 35.5. The maximum atomic E-state index is 13.6. The van der Waals surface area contributed by atoms with Crippen molar-refractivity contribution in [3.63, 3.8) is 0 Å². The zero-order chi connectivity index (χ0) is 56.3. The van der Waals surface area contributed by atoms with Crippen molar-refractivity contribution in [1.29, 1.82) is 0 Å². The van der Waals surface area contributed by atoms with Crippen LogP contribution >= 0.6 is 58.2 Å². The molecule has 0 aliphatic carbocycles. The molecule has 0 spiro atoms. The molecule has 10 rings (SSSR count). The van der Waals surface area contributed by atoms with E-state index in [0.717, 1.165) is 28.0 Å². The molecule has 3 amide bonds. The molecule has 3 aliphatic rings. The van der Waals surface area contributed by atoms with Gasteiger partial charge in [-0.1, -0.05) is 101 Å². The summed E-state index contributed by atoms with van der Waals surface area (Å²) in [5, 5.41) is 15.6. The van der Waals surface area contributed by atoms with Crippen molar-refractivity contribution < 1.29 is 36.3 Å². The van der Waals surface area contributed by atoms with E-state index in [9.17, 15) is 31.6 Å². The average molecular weight is 1190 g/mol. The molecule has 0 bridgehead atoms. The predicted molar refractivity (Wildman–Crippen MR) is 309 cm³/mol. The van der Waals surface area contributed by atoms with Gasteiger partial charge in [0.1, 0.15) is 17.2 Å². The van der Waals surface area contributed by atoms with Crippen molar-refractivity contribution in [2.75, 3.05) is 37.7 Å². The maximum absolute atomic E-state index is 13.6. The molecule has 5 heterocycles. The van der Waals surface area contributed by atoms with Gasteiger partial charge in [0.15, 0.2) is 21.2 Å². The molecular weight excluding hydrogens is 1140 g/mol. The summed E-state index contributed by atoms with van der Waals surface area (Å²) in [5.74, 6) is -0.972. The molecule has 1 fully saturated rings. The lowest BCUT2D eigenvalue weighted by atomic mass is 10.0. The molecule has 0 unspecified atom stereocenters. The Hall–Kier alpha value is -6.51. The molecule has 2 aromatic heterocycles. The molecule has 22 heteroatoms. The smallest absolute Gasteiger partial charge is 0.410 e. The van der Waals surface area contributed by atoms with E-state index in [1.165, 1.54) is 28.9 Å². The van der Waals surface area contributed by atoms with Crippen LogP contribution in [0, 0.1) is 11.6 Å². The molecule has 7 aromatic rings. The number of carbonyl (C=O) groups excluding carboxylic acids is 3. The van der Waals surface area contributed by atoms with Crippen molar-refractivity contribution in [1.82, 2.24) is 40.2 Å². The summed E-state index contributed by atoms with van der Waals surface area (Å²) < 4.78 is 61.8. The van der Waals surface area contributed by atoms with Gasteiger partial charge in [0, 0.05) is 58.9 Å². The Morgan fingerprint density at radius 3 is 1.72 bits per heavy atom. The van der Waals surface area contributed by atoms with Gasteiger partial charge in [-0.15, -0.1) is 0 Å². The van der Waals surface area contributed by atoms with E-state index in [1.807, 2.05) is 64.1 Å². The van der Waals surface area contributed by atoms with E-state index in [2.05, 4.69) is 15.8 Å². The lowest BCUT2D eigenvalue weighted by molar-refractivity contribution is 0.00968. The van der Waals surface area contributed by atoms with Crippen molar-refractivity contribution in [3.8, 4) is 11.4 Å². The Kier molecular flexibility index (Phi) is 17.4. The van der Waals surface area contributed by atoms with Crippen LogP contribution in [0.1, 0.15) is 93.9 Å². The van der Waals surface area contributed by atoms with E-state index in [4.69, 9.17) is 56.2 Å². The van der Waals surface area contributed by atoms with Crippen molar-refractivity contribution in [2.24, 2.45) is 0 Å². The topological polar surface area (TPSA) is 161 Å². The highest BCUT2D eigenvalue weighted by molar-refractivity contribution is 7.99. The van der Waals surface area contributed by atoms with Crippen LogP contribution in [-0.2, 0) is 26.1 Å². The minimum absolute atomic E-state index is 0.0120. The Morgan fingerprint density at radius 1 is 0.671 bits per heavy atom. The SMILES string of the molecule is CC(C)(C)OC(=O)N1CCN(NC(=O)c2nn(-c3ccc(Cl)cc3Cl)c3c2CSC/C3=C\c2ccc(F)cc2)CC1.C[C@H](NC(=O)c1nn(-c2ccc(Cl)cc2Cl)c2c1CS(=O)(=O)C/C2=C\c1ccc(F)cc1)c1ccccc1. The lowest BCUT2D eigenvalue weighted by Gasteiger charge is -2.35. The van der Waals surface area contributed by atoms with Gasteiger partial charge >= 0.3 is 6.09 Å². The number of hydrogen-bond acceptors (Lipinski definition) is 10. The third kappa shape index (κ3) is 13.7. The number of aromatic nitrogens is 4. The number of halogens is 6. The summed E-state index contributed by atoms with van der Waals surface area (Å²) in [6.45, 7) is 9.06. The summed E-state index contributed by atoms with van der Waals surface area (Å²) in [6, 6.07) is 31.0. The van der Waals surface area contributed by atoms with Gasteiger partial charge in [-0.05, 0) is 128 Å². The number of benzene rings is 5. The predicted octanol–water partition coefficient (Wildman–Crippen LogP) is 12.6. The molecule has 410 valence electrons. The molecular formula is C57H52Cl4F2N8O6S2. The normalized spacial score (nSPS) is 16.6. The number of piperazine rings is 1. The summed E-state index contributed by atoms with van der Waals surface area (Å²) in [5.41, 5.74) is 9.65. The van der Waals surface area contributed by atoms with Crippen LogP contribution in [-0.4, -0.2) is 99.1 Å². The van der Waals surface area contributed by atoms with Gasteiger partial charge in [0.05, 0.1) is 50.4 Å². The zero-order valence-electron chi connectivity index (χ0n) is 43.1. The highest BCUT2D eigenvalue weighted by Crippen LogP contribution is 2.40. The third-order valence-electron chi connectivity index (χ3n) is 12.8. The number of sulfone groups is 1. The van der Waals surface area contributed by atoms with Gasteiger partial charge in [0.2, 0.25) is 0 Å². The largest absolute Gasteiger partial charge is 0.444 e. The summed E-state index contributed by atoms with van der Waals surface area (Å²) in [7, 11) is -3.63. The summed E-state index contributed by atoms with van der Waals surface area (Å²) in [6.07, 6.45) is 3.27. The number of carbonyl (C=O) groups is 3. The molecule has 0 saturated carbocycles. The van der Waals surface area contributed by atoms with E-state index in [1.54, 1.807) is 93.1 Å². The quantitative estimate of drug-likeness (QED) is 0.142. The minimum atomic E-state index is -3.63. The highest BCUT2D eigenvalue weighted by Gasteiger charge is 2.36. The number of amides is 3. The molecule has 2 N–H and O–H groups in total. The number of nitrogens with zero attached hydrogens (tertiary/aromatic N) is 6. The van der Waals surface area contributed by atoms with Crippen LogP contribution in [0.25, 0.3) is 34.7 Å². The van der Waals surface area contributed by atoms with Crippen molar-refractivity contribution in [3.05, 3.63) is 198 Å². The first-order valence-electron chi connectivity index (χ1n) is 24.8. The summed E-state index contributed by atoms with van der Waals surface area (Å²) >= 11 is 27.0. The van der Waals surface area contributed by atoms with E-state index in [0.29, 0.717) is 81.0 Å². The van der Waals surface area contributed by atoms with E-state index >= 15 is 0 Å². The fourth-order valence-electron chi connectivity index (χ4n) is 9.12. The number of ether oxygens (including phenoxy) is 1. The van der Waals surface area contributed by atoms with Crippen LogP contribution in [0.2, 0.25) is 20.1 Å². The first-order valence-corrected chi connectivity index (χ1v) is 29.3. The van der Waals surface area contributed by atoms with Crippen LogP contribution in [0.15, 0.2) is 115 Å². The Balaban J connectivity index is 0.000000192. The molecule has 1 saturated heterocycles. The first kappa shape index (κ1) is 57.2. The second kappa shape index (κ2) is 24.1. The molecule has 79 heavy (non-hydrogen) atoms. The Labute approximate surface area is 480 Å². The van der Waals surface area contributed by atoms with Gasteiger partial charge in [-0.3, -0.25) is 15.0 Å². The molecule has 14 nitrogen and oxygen atoms in total. The minimum Gasteiger partial charge on any atom is -0.444 e. The number of hydrazine groups is 1. The Morgan fingerprint density at radius 2 is 1.19 bits per heavy atom. The number of thioether (sulfide) groups is 1. The zero-order valence-corrected chi connectivity index (χ0v) is 47.7. The second-order valence-electron chi connectivity index (χ2n) is 19.8. The molecule has 3 aliphatic heterocycles. The summed E-state index contributed by atoms with van der Waals surface area (Å²) in [4.78, 5) is 41.2. The van der Waals surface area contributed by atoms with E-state index in [-0.39, 0.29) is 57.3 Å². The van der Waals surface area contributed by atoms with Crippen molar-refractivity contribution in [2.45, 2.75) is 50.8 Å². The van der Waals surface area contributed by atoms with Crippen LogP contribution in [0.4, 0.5) is 13.6 Å². The molecule has 0 radical (unpaired) electrons. The first-order chi connectivity index (χ1) is 37.6. The van der Waals surface area contributed by atoms with Crippen LogP contribution in [0.3, 0.4) is 0 Å². The monoisotopic (exact) mass is 1190 g/mol. The fraction of sp³-hybridized carbons (Fsp3) is 0.246. The van der Waals surface area contributed by atoms with Crippen molar-refractivity contribution >= 4 is 109 Å². The van der Waals surface area contributed by atoms with E-state index < -0.39 is 27.2 Å². The van der Waals surface area contributed by atoms with Gasteiger partial charge in [-0.2, -0.15) is 22.0 Å². The second-order valence-corrected chi connectivity index (χ2v) is 24.6. The number of rotatable bonds is 9. The number of hydrogen-bond donors (Lipinski definition) is 2.